The highest BCUT2D eigenvalue weighted by atomic mass is 19.1. The van der Waals surface area contributed by atoms with E-state index in [0.717, 1.165) is 5.56 Å². The van der Waals surface area contributed by atoms with Gasteiger partial charge in [0.2, 0.25) is 11.8 Å². The van der Waals surface area contributed by atoms with Crippen molar-refractivity contribution in [2.75, 3.05) is 24.5 Å². The molecule has 9 heteroatoms. The van der Waals surface area contributed by atoms with E-state index in [1.165, 1.54) is 17.9 Å². The van der Waals surface area contributed by atoms with Gasteiger partial charge in [0, 0.05) is 19.0 Å². The van der Waals surface area contributed by atoms with Gasteiger partial charge < -0.3 is 21.1 Å². The summed E-state index contributed by atoms with van der Waals surface area (Å²) in [6.07, 6.45) is -1.07. The predicted molar refractivity (Wildman–Crippen MR) is 109 cm³/mol. The van der Waals surface area contributed by atoms with Gasteiger partial charge >= 0.3 is 6.09 Å². The van der Waals surface area contributed by atoms with Gasteiger partial charge in [-0.25, -0.2) is 9.18 Å². The highest BCUT2D eigenvalue weighted by molar-refractivity contribution is 5.90. The van der Waals surface area contributed by atoms with Gasteiger partial charge in [0.1, 0.15) is 11.9 Å². The highest BCUT2D eigenvalue weighted by Gasteiger charge is 2.32. The topological polar surface area (TPSA) is 114 Å². The van der Waals surface area contributed by atoms with E-state index in [1.54, 1.807) is 36.4 Å². The Hall–Kier alpha value is -3.46. The van der Waals surface area contributed by atoms with Crippen molar-refractivity contribution in [1.29, 1.82) is 0 Å². The van der Waals surface area contributed by atoms with Gasteiger partial charge in [0.25, 0.3) is 0 Å². The molecule has 30 heavy (non-hydrogen) atoms. The van der Waals surface area contributed by atoms with Crippen LogP contribution in [0.15, 0.2) is 42.5 Å². The quantitative estimate of drug-likeness (QED) is 0.636. The first-order valence-electron chi connectivity index (χ1n) is 9.45. The number of halogens is 1. The van der Waals surface area contributed by atoms with E-state index in [-0.39, 0.29) is 31.4 Å². The zero-order valence-corrected chi connectivity index (χ0v) is 16.5. The Bertz CT molecular complexity index is 949. The molecule has 2 aromatic carbocycles. The standard InChI is InChI=1S/C21H23FN4O4/c1-13(27)24-11-17-12-26(21(29)30-17)16-6-7-18(19(22)8-16)15-4-2-14(3-5-15)10-25-20(28)9-23/h2-8,17H,9-12,23H2,1H3,(H,24,27)(H,25,28)/t17-/m0/s1. The number of nitrogens with one attached hydrogen (secondary N) is 2. The van der Waals surface area contributed by atoms with Crippen molar-refractivity contribution in [3.63, 3.8) is 0 Å². The average molecular weight is 414 g/mol. The molecule has 1 heterocycles. The molecule has 1 fully saturated rings. The maximum Gasteiger partial charge on any atom is 0.414 e. The van der Waals surface area contributed by atoms with E-state index in [9.17, 15) is 18.8 Å². The number of anilines is 1. The van der Waals surface area contributed by atoms with Crippen LogP contribution in [0, 0.1) is 5.82 Å². The van der Waals surface area contributed by atoms with Crippen LogP contribution >= 0.6 is 0 Å². The molecule has 0 unspecified atom stereocenters. The summed E-state index contributed by atoms with van der Waals surface area (Å²) in [6, 6.07) is 11.6. The lowest BCUT2D eigenvalue weighted by molar-refractivity contribution is -0.120. The summed E-state index contributed by atoms with van der Waals surface area (Å²) in [5, 5.41) is 5.27. The molecular weight excluding hydrogens is 391 g/mol. The minimum absolute atomic E-state index is 0.0752. The maximum atomic E-state index is 14.8. The van der Waals surface area contributed by atoms with E-state index < -0.39 is 18.0 Å². The van der Waals surface area contributed by atoms with Crippen molar-refractivity contribution in [2.24, 2.45) is 5.73 Å². The summed E-state index contributed by atoms with van der Waals surface area (Å²) in [5.41, 5.74) is 7.55. The molecular formula is C21H23FN4O4. The third-order valence-electron chi connectivity index (χ3n) is 4.66. The zero-order chi connectivity index (χ0) is 21.7. The minimum Gasteiger partial charge on any atom is -0.442 e. The Labute approximate surface area is 173 Å². The molecule has 0 saturated carbocycles. The van der Waals surface area contributed by atoms with Gasteiger partial charge in [0.15, 0.2) is 0 Å². The Kier molecular flexibility index (Phi) is 6.63. The van der Waals surface area contributed by atoms with Crippen LogP contribution in [0.3, 0.4) is 0 Å². The predicted octanol–water partition coefficient (Wildman–Crippen LogP) is 1.53. The first-order valence-corrected chi connectivity index (χ1v) is 9.45. The van der Waals surface area contributed by atoms with E-state index in [1.807, 2.05) is 0 Å². The summed E-state index contributed by atoms with van der Waals surface area (Å²) in [7, 11) is 0. The number of cyclic esters (lactones) is 1. The molecule has 8 nitrogen and oxygen atoms in total. The Morgan fingerprint density at radius 1 is 1.20 bits per heavy atom. The number of hydrogen-bond acceptors (Lipinski definition) is 5. The number of benzene rings is 2. The Balaban J connectivity index is 1.69. The third kappa shape index (κ3) is 5.12. The fourth-order valence-corrected chi connectivity index (χ4v) is 3.08. The lowest BCUT2D eigenvalue weighted by Crippen LogP contribution is -2.33. The molecule has 1 saturated heterocycles. The van der Waals surface area contributed by atoms with Gasteiger partial charge in [-0.05, 0) is 29.3 Å². The van der Waals surface area contributed by atoms with Gasteiger partial charge in [-0.15, -0.1) is 0 Å². The van der Waals surface area contributed by atoms with Crippen LogP contribution in [0.2, 0.25) is 0 Å². The zero-order valence-electron chi connectivity index (χ0n) is 16.5. The highest BCUT2D eigenvalue weighted by Crippen LogP contribution is 2.29. The number of nitrogens with two attached hydrogens (primary N) is 1. The molecule has 1 aliphatic heterocycles. The number of carbonyl (C=O) groups is 3. The van der Waals surface area contributed by atoms with E-state index in [0.29, 0.717) is 23.4 Å². The van der Waals surface area contributed by atoms with Crippen LogP contribution in [-0.2, 0) is 20.9 Å². The van der Waals surface area contributed by atoms with E-state index in [4.69, 9.17) is 10.5 Å². The lowest BCUT2D eigenvalue weighted by atomic mass is 10.0. The smallest absolute Gasteiger partial charge is 0.414 e. The summed E-state index contributed by atoms with van der Waals surface area (Å²) in [6.45, 7) is 2.07. The molecule has 3 amide bonds. The van der Waals surface area contributed by atoms with Crippen molar-refractivity contribution in [3.05, 3.63) is 53.8 Å². The van der Waals surface area contributed by atoms with Crippen LogP contribution in [0.5, 0.6) is 0 Å². The van der Waals surface area contributed by atoms with Crippen molar-refractivity contribution in [2.45, 2.75) is 19.6 Å². The van der Waals surface area contributed by atoms with Crippen LogP contribution < -0.4 is 21.3 Å². The molecule has 4 N–H and O–H groups in total. The first-order chi connectivity index (χ1) is 14.4. The van der Waals surface area contributed by atoms with Crippen molar-refractivity contribution >= 4 is 23.6 Å². The second-order valence-electron chi connectivity index (χ2n) is 6.90. The van der Waals surface area contributed by atoms with Crippen LogP contribution in [0.25, 0.3) is 11.1 Å². The van der Waals surface area contributed by atoms with Crippen molar-refractivity contribution in [3.8, 4) is 11.1 Å². The molecule has 1 aliphatic rings. The molecule has 0 bridgehead atoms. The Morgan fingerprint density at radius 2 is 1.93 bits per heavy atom. The number of rotatable bonds is 7. The third-order valence-corrected chi connectivity index (χ3v) is 4.66. The second-order valence-corrected chi connectivity index (χ2v) is 6.90. The molecule has 158 valence electrons. The number of ether oxygens (including phenoxy) is 1. The van der Waals surface area contributed by atoms with Crippen molar-refractivity contribution < 1.29 is 23.5 Å². The first kappa shape index (κ1) is 21.3. The van der Waals surface area contributed by atoms with Gasteiger partial charge in [-0.3, -0.25) is 14.5 Å². The summed E-state index contributed by atoms with van der Waals surface area (Å²) in [4.78, 5) is 35.7. The largest absolute Gasteiger partial charge is 0.442 e. The fraction of sp³-hybridized carbons (Fsp3) is 0.286. The summed E-state index contributed by atoms with van der Waals surface area (Å²) in [5.74, 6) is -0.942. The molecule has 3 rings (SSSR count). The molecule has 0 spiro atoms. The molecule has 0 aromatic heterocycles. The normalized spacial score (nSPS) is 15.6. The van der Waals surface area contributed by atoms with Gasteiger partial charge in [0.05, 0.1) is 25.3 Å². The molecule has 0 radical (unpaired) electrons. The van der Waals surface area contributed by atoms with E-state index in [2.05, 4.69) is 10.6 Å². The lowest BCUT2D eigenvalue weighted by Gasteiger charge is -2.15. The van der Waals surface area contributed by atoms with Crippen LogP contribution in [-0.4, -0.2) is 43.6 Å². The van der Waals surface area contributed by atoms with Crippen LogP contribution in [0.1, 0.15) is 12.5 Å². The van der Waals surface area contributed by atoms with Gasteiger partial charge in [-0.1, -0.05) is 24.3 Å². The Morgan fingerprint density at radius 3 is 2.57 bits per heavy atom. The van der Waals surface area contributed by atoms with Crippen LogP contribution in [0.4, 0.5) is 14.9 Å². The monoisotopic (exact) mass is 414 g/mol. The fourth-order valence-electron chi connectivity index (χ4n) is 3.08. The number of amides is 3. The maximum absolute atomic E-state index is 14.8. The molecule has 0 aliphatic carbocycles. The summed E-state index contributed by atoms with van der Waals surface area (Å²) >= 11 is 0. The molecule has 2 aromatic rings. The number of hydrogen-bond donors (Lipinski definition) is 3. The number of nitrogens with zero attached hydrogens (tertiary/aromatic N) is 1. The number of carbonyl (C=O) groups excluding carboxylic acids is 3. The second kappa shape index (κ2) is 9.36. The van der Waals surface area contributed by atoms with Gasteiger partial charge in [-0.2, -0.15) is 0 Å². The average Bonchev–Trinajstić information content (AvgIpc) is 3.11. The van der Waals surface area contributed by atoms with E-state index >= 15 is 0 Å². The van der Waals surface area contributed by atoms with Crippen molar-refractivity contribution in [1.82, 2.24) is 10.6 Å². The summed E-state index contributed by atoms with van der Waals surface area (Å²) < 4.78 is 20.0. The minimum atomic E-state index is -0.582. The SMILES string of the molecule is CC(=O)NC[C@H]1CN(c2ccc(-c3ccc(CNC(=O)CN)cc3)c(F)c2)C(=O)O1. The molecule has 1 atom stereocenters.